The lowest BCUT2D eigenvalue weighted by Gasteiger charge is -2.25. The Morgan fingerprint density at radius 1 is 0.875 bits per heavy atom. The first-order valence-corrected chi connectivity index (χ1v) is 13.6. The molecule has 0 fully saturated rings. The summed E-state index contributed by atoms with van der Waals surface area (Å²) >= 11 is 0. The number of rotatable bonds is 13. The second-order valence-electron chi connectivity index (χ2n) is 10.2. The Balaban J connectivity index is 1.40. The van der Waals surface area contributed by atoms with Gasteiger partial charge in [0.2, 0.25) is 5.91 Å². The Morgan fingerprint density at radius 3 is 2.10 bits per heavy atom. The van der Waals surface area contributed by atoms with Crippen molar-refractivity contribution in [3.63, 3.8) is 0 Å². The standard InChI is InChI=1S/C32H36N2O6/c1-21(16-17-29(35)36)18-33-31(37)30(22(2)39-19-23-10-4-3-5-11-23)34-32(38)40-20-28-26-14-8-6-12-24(26)25-13-7-9-15-27(25)28/h3-15,21-22,28,30H,16-20H2,1-2H3,(H,33,37)(H,34,38)(H,35,36). The number of carboxylic acid groups (broad SMARTS) is 1. The predicted molar refractivity (Wildman–Crippen MR) is 152 cm³/mol. The Hall–Kier alpha value is -4.17. The van der Waals surface area contributed by atoms with Gasteiger partial charge in [0.15, 0.2) is 0 Å². The third-order valence-corrected chi connectivity index (χ3v) is 7.20. The van der Waals surface area contributed by atoms with Crippen LogP contribution in [0.2, 0.25) is 0 Å². The number of fused-ring (bicyclic) bond motifs is 3. The monoisotopic (exact) mass is 544 g/mol. The van der Waals surface area contributed by atoms with Gasteiger partial charge in [0.05, 0.1) is 12.7 Å². The van der Waals surface area contributed by atoms with E-state index < -0.39 is 30.1 Å². The first-order valence-electron chi connectivity index (χ1n) is 13.6. The summed E-state index contributed by atoms with van der Waals surface area (Å²) in [6, 6.07) is 24.7. The molecule has 0 aliphatic heterocycles. The van der Waals surface area contributed by atoms with Gasteiger partial charge in [-0.25, -0.2) is 4.79 Å². The van der Waals surface area contributed by atoms with E-state index in [0.29, 0.717) is 6.42 Å². The van der Waals surface area contributed by atoms with Crippen molar-refractivity contribution in [1.29, 1.82) is 0 Å². The van der Waals surface area contributed by atoms with Crippen LogP contribution in [-0.4, -0.2) is 48.4 Å². The molecule has 3 N–H and O–H groups in total. The summed E-state index contributed by atoms with van der Waals surface area (Å²) in [4.78, 5) is 37.1. The molecule has 8 nitrogen and oxygen atoms in total. The molecule has 2 amide bonds. The molecule has 3 aromatic rings. The van der Waals surface area contributed by atoms with Crippen molar-refractivity contribution in [2.75, 3.05) is 13.2 Å². The molecular weight excluding hydrogens is 508 g/mol. The van der Waals surface area contributed by atoms with Crippen LogP contribution in [0.15, 0.2) is 78.9 Å². The van der Waals surface area contributed by atoms with Gasteiger partial charge in [0.1, 0.15) is 12.6 Å². The molecule has 0 saturated heterocycles. The lowest BCUT2D eigenvalue weighted by molar-refractivity contribution is -0.137. The van der Waals surface area contributed by atoms with E-state index in [1.807, 2.05) is 73.7 Å². The average molecular weight is 545 g/mol. The average Bonchev–Trinajstić information content (AvgIpc) is 3.29. The fourth-order valence-corrected chi connectivity index (χ4v) is 4.92. The highest BCUT2D eigenvalue weighted by molar-refractivity contribution is 5.86. The number of ether oxygens (including phenoxy) is 2. The van der Waals surface area contributed by atoms with E-state index in [-0.39, 0.29) is 38.0 Å². The minimum absolute atomic E-state index is 0.0229. The normalized spacial score (nSPS) is 14.3. The predicted octanol–water partition coefficient (Wildman–Crippen LogP) is 5.12. The fourth-order valence-electron chi connectivity index (χ4n) is 4.92. The van der Waals surface area contributed by atoms with Crippen LogP contribution in [0.4, 0.5) is 4.79 Å². The second kappa shape index (κ2) is 13.8. The molecule has 0 aromatic heterocycles. The fraction of sp³-hybridized carbons (Fsp3) is 0.344. The van der Waals surface area contributed by atoms with Gasteiger partial charge in [0, 0.05) is 18.9 Å². The zero-order chi connectivity index (χ0) is 28.5. The van der Waals surface area contributed by atoms with Crippen molar-refractivity contribution in [3.8, 4) is 11.1 Å². The summed E-state index contributed by atoms with van der Waals surface area (Å²) in [5.74, 6) is -1.45. The summed E-state index contributed by atoms with van der Waals surface area (Å²) in [6.45, 7) is 4.27. The van der Waals surface area contributed by atoms with Gasteiger partial charge in [-0.1, -0.05) is 85.8 Å². The molecule has 210 valence electrons. The van der Waals surface area contributed by atoms with E-state index in [9.17, 15) is 14.4 Å². The molecule has 3 atom stereocenters. The van der Waals surface area contributed by atoms with Gasteiger partial charge in [-0.2, -0.15) is 0 Å². The Bertz CT molecular complexity index is 1270. The van der Waals surface area contributed by atoms with Crippen LogP contribution >= 0.6 is 0 Å². The van der Waals surface area contributed by atoms with Crippen LogP contribution in [0.1, 0.15) is 49.3 Å². The van der Waals surface area contributed by atoms with Crippen molar-refractivity contribution in [2.45, 2.75) is 51.4 Å². The highest BCUT2D eigenvalue weighted by Gasteiger charge is 2.31. The number of benzene rings is 3. The number of carbonyl (C=O) groups excluding carboxylic acids is 2. The maximum absolute atomic E-state index is 13.2. The van der Waals surface area contributed by atoms with Crippen LogP contribution in [0.5, 0.6) is 0 Å². The first-order chi connectivity index (χ1) is 19.3. The van der Waals surface area contributed by atoms with E-state index in [1.165, 1.54) is 0 Å². The highest BCUT2D eigenvalue weighted by atomic mass is 16.5. The van der Waals surface area contributed by atoms with Crippen LogP contribution in [0.3, 0.4) is 0 Å². The van der Waals surface area contributed by atoms with Gasteiger partial charge >= 0.3 is 12.1 Å². The first kappa shape index (κ1) is 28.8. The quantitative estimate of drug-likeness (QED) is 0.275. The number of hydrogen-bond acceptors (Lipinski definition) is 5. The molecule has 0 saturated carbocycles. The summed E-state index contributed by atoms with van der Waals surface area (Å²) in [6.07, 6.45) is -0.916. The Labute approximate surface area is 234 Å². The van der Waals surface area contributed by atoms with E-state index in [1.54, 1.807) is 6.92 Å². The SMILES string of the molecule is CC(CCC(=O)O)CNC(=O)C(NC(=O)OCC1c2ccccc2-c2ccccc21)C(C)OCc1ccccc1. The number of carbonyl (C=O) groups is 3. The van der Waals surface area contributed by atoms with Crippen LogP contribution < -0.4 is 10.6 Å². The molecule has 4 rings (SSSR count). The number of aliphatic carboxylic acids is 1. The Morgan fingerprint density at radius 2 is 1.48 bits per heavy atom. The number of alkyl carbamates (subject to hydrolysis) is 1. The molecule has 1 aliphatic carbocycles. The van der Waals surface area contributed by atoms with Crippen molar-refractivity contribution < 1.29 is 29.0 Å². The number of carboxylic acids is 1. The molecule has 40 heavy (non-hydrogen) atoms. The van der Waals surface area contributed by atoms with Crippen molar-refractivity contribution in [3.05, 3.63) is 95.6 Å². The highest BCUT2D eigenvalue weighted by Crippen LogP contribution is 2.44. The van der Waals surface area contributed by atoms with Gasteiger partial charge in [-0.05, 0) is 47.1 Å². The third kappa shape index (κ3) is 7.48. The smallest absolute Gasteiger partial charge is 0.407 e. The molecule has 8 heteroatoms. The molecule has 3 unspecified atom stereocenters. The van der Waals surface area contributed by atoms with E-state index in [4.69, 9.17) is 14.6 Å². The number of nitrogens with one attached hydrogen (secondary N) is 2. The minimum atomic E-state index is -1.01. The molecule has 0 heterocycles. The summed E-state index contributed by atoms with van der Waals surface area (Å²) < 4.78 is 11.6. The minimum Gasteiger partial charge on any atom is -0.481 e. The molecule has 0 spiro atoms. The van der Waals surface area contributed by atoms with E-state index in [2.05, 4.69) is 22.8 Å². The second-order valence-corrected chi connectivity index (χ2v) is 10.2. The van der Waals surface area contributed by atoms with Gasteiger partial charge < -0.3 is 25.2 Å². The van der Waals surface area contributed by atoms with Gasteiger partial charge in [-0.3, -0.25) is 9.59 Å². The third-order valence-electron chi connectivity index (χ3n) is 7.20. The van der Waals surface area contributed by atoms with Crippen molar-refractivity contribution >= 4 is 18.0 Å². The lowest BCUT2D eigenvalue weighted by Crippen LogP contribution is -2.53. The largest absolute Gasteiger partial charge is 0.481 e. The molecule has 0 radical (unpaired) electrons. The summed E-state index contributed by atoms with van der Waals surface area (Å²) in [7, 11) is 0. The molecule has 0 bridgehead atoms. The van der Waals surface area contributed by atoms with Crippen LogP contribution in [-0.2, 0) is 25.7 Å². The molecule has 3 aromatic carbocycles. The number of amides is 2. The van der Waals surface area contributed by atoms with Crippen molar-refractivity contribution in [2.24, 2.45) is 5.92 Å². The zero-order valence-electron chi connectivity index (χ0n) is 22.8. The molecule has 1 aliphatic rings. The van der Waals surface area contributed by atoms with Crippen LogP contribution in [0, 0.1) is 5.92 Å². The van der Waals surface area contributed by atoms with Crippen LogP contribution in [0.25, 0.3) is 11.1 Å². The number of hydrogen-bond donors (Lipinski definition) is 3. The Kier molecular flexibility index (Phi) is 9.91. The summed E-state index contributed by atoms with van der Waals surface area (Å²) in [5, 5.41) is 14.5. The summed E-state index contributed by atoms with van der Waals surface area (Å²) in [5.41, 5.74) is 5.40. The van der Waals surface area contributed by atoms with E-state index in [0.717, 1.165) is 27.8 Å². The lowest BCUT2D eigenvalue weighted by atomic mass is 9.98. The van der Waals surface area contributed by atoms with Gasteiger partial charge in [-0.15, -0.1) is 0 Å². The van der Waals surface area contributed by atoms with E-state index >= 15 is 0 Å². The van der Waals surface area contributed by atoms with Crippen molar-refractivity contribution in [1.82, 2.24) is 10.6 Å². The maximum atomic E-state index is 13.2. The van der Waals surface area contributed by atoms with Gasteiger partial charge in [0.25, 0.3) is 0 Å². The molecular formula is C32H36N2O6. The zero-order valence-corrected chi connectivity index (χ0v) is 22.8. The maximum Gasteiger partial charge on any atom is 0.407 e. The topological polar surface area (TPSA) is 114 Å².